The van der Waals surface area contributed by atoms with E-state index in [1.54, 1.807) is 0 Å². The minimum Gasteiger partial charge on any atom is -0.326 e. The highest BCUT2D eigenvalue weighted by Crippen LogP contribution is 2.24. The van der Waals surface area contributed by atoms with Crippen LogP contribution in [0.2, 0.25) is 0 Å². The average molecular weight is 415 g/mol. The summed E-state index contributed by atoms with van der Waals surface area (Å²) in [7, 11) is 0. The van der Waals surface area contributed by atoms with Crippen molar-refractivity contribution in [1.29, 1.82) is 0 Å². The first-order valence-corrected chi connectivity index (χ1v) is 10.5. The number of anilines is 1. The lowest BCUT2D eigenvalue weighted by Gasteiger charge is -2.06. The minimum atomic E-state index is -0.368. The van der Waals surface area contributed by atoms with Crippen molar-refractivity contribution in [2.24, 2.45) is 0 Å². The lowest BCUT2D eigenvalue weighted by molar-refractivity contribution is -0.115. The van der Waals surface area contributed by atoms with Crippen LogP contribution in [0.15, 0.2) is 52.2 Å². The highest BCUT2D eigenvalue weighted by molar-refractivity contribution is 8.01. The summed E-state index contributed by atoms with van der Waals surface area (Å²) >= 11 is 2.72. The van der Waals surface area contributed by atoms with Gasteiger partial charge in [0.25, 0.3) is 0 Å². The molecule has 0 fully saturated rings. The Morgan fingerprint density at radius 3 is 2.46 bits per heavy atom. The summed E-state index contributed by atoms with van der Waals surface area (Å²) in [6.45, 7) is 3.97. The zero-order valence-electron chi connectivity index (χ0n) is 15.5. The zero-order valence-corrected chi connectivity index (χ0v) is 17.1. The van der Waals surface area contributed by atoms with Gasteiger partial charge in [-0.15, -0.1) is 11.3 Å². The predicted molar refractivity (Wildman–Crippen MR) is 112 cm³/mol. The van der Waals surface area contributed by atoms with Crippen LogP contribution >= 0.6 is 23.1 Å². The molecule has 28 heavy (non-hydrogen) atoms. The molecule has 0 unspecified atom stereocenters. The van der Waals surface area contributed by atoms with Crippen LogP contribution in [-0.4, -0.2) is 22.4 Å². The number of carbonyl (C=O) groups excluding carboxylic acids is 2. The molecule has 1 amide bonds. The molecule has 0 aliphatic rings. The summed E-state index contributed by atoms with van der Waals surface area (Å²) in [6, 6.07) is 11.4. The van der Waals surface area contributed by atoms with E-state index in [4.69, 9.17) is 0 Å². The molecule has 0 saturated heterocycles. The third-order valence-corrected chi connectivity index (χ3v) is 5.94. The van der Waals surface area contributed by atoms with Crippen molar-refractivity contribution >= 4 is 40.5 Å². The van der Waals surface area contributed by atoms with Crippen LogP contribution in [0.25, 0.3) is 0 Å². The number of thioether (sulfide) groups is 1. The van der Waals surface area contributed by atoms with E-state index in [-0.39, 0.29) is 29.7 Å². The maximum absolute atomic E-state index is 12.9. The number of nitrogens with one attached hydrogen (secondary N) is 1. The zero-order chi connectivity index (χ0) is 20.1. The van der Waals surface area contributed by atoms with Crippen molar-refractivity contribution in [3.8, 4) is 0 Å². The Balaban J connectivity index is 1.52. The number of carbonyl (C=O) groups is 2. The topological polar surface area (TPSA) is 59.1 Å². The molecule has 0 radical (unpaired) electrons. The Morgan fingerprint density at radius 1 is 1.11 bits per heavy atom. The number of aromatic nitrogens is 1. The van der Waals surface area contributed by atoms with Gasteiger partial charge in [0.2, 0.25) is 5.91 Å². The summed E-state index contributed by atoms with van der Waals surface area (Å²) in [5.41, 5.74) is 4.10. The van der Waals surface area contributed by atoms with E-state index in [2.05, 4.69) is 10.3 Å². The maximum atomic E-state index is 12.9. The molecule has 7 heteroatoms. The van der Waals surface area contributed by atoms with Crippen LogP contribution in [0, 0.1) is 19.7 Å². The van der Waals surface area contributed by atoms with Crippen molar-refractivity contribution in [3.63, 3.8) is 0 Å². The molecule has 3 aromatic rings. The fourth-order valence-electron chi connectivity index (χ4n) is 2.70. The molecule has 0 spiro atoms. The third kappa shape index (κ3) is 5.74. The van der Waals surface area contributed by atoms with Gasteiger partial charge >= 0.3 is 0 Å². The van der Waals surface area contributed by atoms with Gasteiger partial charge in [0.15, 0.2) is 10.1 Å². The first-order valence-electron chi connectivity index (χ1n) is 8.63. The molecule has 1 heterocycles. The van der Waals surface area contributed by atoms with Gasteiger partial charge in [0, 0.05) is 16.6 Å². The van der Waals surface area contributed by atoms with Gasteiger partial charge in [-0.05, 0) is 61.4 Å². The van der Waals surface area contributed by atoms with Crippen LogP contribution < -0.4 is 5.32 Å². The maximum Gasteiger partial charge on any atom is 0.230 e. The highest BCUT2D eigenvalue weighted by atomic mass is 32.2. The van der Waals surface area contributed by atoms with Crippen molar-refractivity contribution in [1.82, 2.24) is 4.98 Å². The van der Waals surface area contributed by atoms with Crippen molar-refractivity contribution in [2.45, 2.75) is 24.6 Å². The number of nitrogens with zero attached hydrogens (tertiary/aromatic N) is 1. The van der Waals surface area contributed by atoms with E-state index in [0.29, 0.717) is 11.3 Å². The quantitative estimate of drug-likeness (QED) is 0.434. The molecule has 0 bridgehead atoms. The Labute approximate surface area is 171 Å². The molecular weight excluding hydrogens is 395 g/mol. The van der Waals surface area contributed by atoms with E-state index in [0.717, 1.165) is 21.2 Å². The summed E-state index contributed by atoms with van der Waals surface area (Å²) < 4.78 is 13.7. The smallest absolute Gasteiger partial charge is 0.230 e. The number of rotatable bonds is 7. The second-order valence-corrected chi connectivity index (χ2v) is 8.51. The van der Waals surface area contributed by atoms with E-state index >= 15 is 0 Å². The average Bonchev–Trinajstić information content (AvgIpc) is 3.06. The number of amides is 1. The first kappa shape index (κ1) is 20.2. The number of benzene rings is 2. The van der Waals surface area contributed by atoms with Crippen LogP contribution in [0.5, 0.6) is 0 Å². The first-order chi connectivity index (χ1) is 13.4. The number of ketones is 1. The van der Waals surface area contributed by atoms with E-state index in [1.807, 2.05) is 37.4 Å². The minimum absolute atomic E-state index is 0.0886. The Morgan fingerprint density at radius 2 is 1.79 bits per heavy atom. The Bertz CT molecular complexity index is 980. The lowest BCUT2D eigenvalue weighted by atomic mass is 10.1. The van der Waals surface area contributed by atoms with Crippen molar-refractivity contribution in [3.05, 3.63) is 76.0 Å². The molecule has 4 nitrogen and oxygen atoms in total. The number of thiazole rings is 1. The Hall–Kier alpha value is -2.51. The SMILES string of the molecule is Cc1cc(C)cc(NC(=O)Cc2csc(SCC(=O)c3ccc(F)cc3)n2)c1. The molecular formula is C21H19FN2O2S2. The number of halogens is 1. The highest BCUT2D eigenvalue weighted by Gasteiger charge is 2.12. The summed E-state index contributed by atoms with van der Waals surface area (Å²) in [6.07, 6.45) is 0.177. The van der Waals surface area contributed by atoms with Gasteiger partial charge in [-0.3, -0.25) is 9.59 Å². The molecule has 1 N–H and O–H groups in total. The second-order valence-electron chi connectivity index (χ2n) is 6.42. The van der Waals surface area contributed by atoms with Crippen molar-refractivity contribution in [2.75, 3.05) is 11.1 Å². The molecule has 0 saturated carbocycles. The van der Waals surface area contributed by atoms with E-state index in [1.165, 1.54) is 47.4 Å². The largest absolute Gasteiger partial charge is 0.326 e. The summed E-state index contributed by atoms with van der Waals surface area (Å²) in [5.74, 6) is -0.371. The van der Waals surface area contributed by atoms with Crippen LogP contribution in [0.1, 0.15) is 27.2 Å². The lowest BCUT2D eigenvalue weighted by Crippen LogP contribution is -2.14. The molecule has 3 rings (SSSR count). The monoisotopic (exact) mass is 414 g/mol. The third-order valence-electron chi connectivity index (χ3n) is 3.87. The molecule has 2 aromatic carbocycles. The van der Waals surface area contributed by atoms with Gasteiger partial charge < -0.3 is 5.32 Å². The molecule has 0 aliphatic heterocycles. The van der Waals surface area contributed by atoms with E-state index < -0.39 is 0 Å². The number of Topliss-reactive ketones (excluding diaryl/α,β-unsaturated/α-hetero) is 1. The summed E-state index contributed by atoms with van der Waals surface area (Å²) in [4.78, 5) is 28.8. The predicted octanol–water partition coefficient (Wildman–Crippen LogP) is 5.06. The normalized spacial score (nSPS) is 10.7. The van der Waals surface area contributed by atoms with E-state index in [9.17, 15) is 14.0 Å². The Kier molecular flexibility index (Phi) is 6.59. The fraction of sp³-hybridized carbons (Fsp3) is 0.190. The standard InChI is InChI=1S/C21H19FN2O2S2/c1-13-7-14(2)9-17(8-13)23-20(26)10-18-11-27-21(24-18)28-12-19(25)15-3-5-16(22)6-4-15/h3-9,11H,10,12H2,1-2H3,(H,23,26). The van der Waals surface area contributed by atoms with Crippen LogP contribution in [0.4, 0.5) is 10.1 Å². The van der Waals surface area contributed by atoms with Gasteiger partial charge in [-0.2, -0.15) is 0 Å². The molecule has 0 atom stereocenters. The summed E-state index contributed by atoms with van der Waals surface area (Å²) in [5, 5.41) is 4.72. The number of hydrogen-bond donors (Lipinski definition) is 1. The van der Waals surface area contributed by atoms with Gasteiger partial charge in [0.1, 0.15) is 5.82 Å². The van der Waals surface area contributed by atoms with Crippen LogP contribution in [0.3, 0.4) is 0 Å². The molecule has 144 valence electrons. The van der Waals surface area contributed by atoms with Crippen molar-refractivity contribution < 1.29 is 14.0 Å². The van der Waals surface area contributed by atoms with Gasteiger partial charge in [0.05, 0.1) is 17.9 Å². The number of hydrogen-bond acceptors (Lipinski definition) is 5. The molecule has 0 aliphatic carbocycles. The molecule has 1 aromatic heterocycles. The van der Waals surface area contributed by atoms with Gasteiger partial charge in [-0.25, -0.2) is 9.37 Å². The number of aryl methyl sites for hydroxylation is 2. The second kappa shape index (κ2) is 9.12. The fourth-order valence-corrected chi connectivity index (χ4v) is 4.44. The van der Waals surface area contributed by atoms with Crippen LogP contribution in [-0.2, 0) is 11.2 Å². The van der Waals surface area contributed by atoms with Gasteiger partial charge in [-0.1, -0.05) is 17.8 Å².